The molecule has 0 unspecified atom stereocenters. The molecule has 0 atom stereocenters. The lowest BCUT2D eigenvalue weighted by Gasteiger charge is -2.16. The summed E-state index contributed by atoms with van der Waals surface area (Å²) in [6.45, 7) is 1.05. The zero-order valence-corrected chi connectivity index (χ0v) is 19.1. The summed E-state index contributed by atoms with van der Waals surface area (Å²) in [7, 11) is 0. The van der Waals surface area contributed by atoms with Gasteiger partial charge >= 0.3 is 0 Å². The second kappa shape index (κ2) is 11.1. The Bertz CT molecular complexity index is 916. The maximum absolute atomic E-state index is 11.9. The van der Waals surface area contributed by atoms with Crippen molar-refractivity contribution in [1.29, 1.82) is 0 Å². The van der Waals surface area contributed by atoms with Crippen LogP contribution in [0.5, 0.6) is 17.2 Å². The topological polar surface area (TPSA) is 44.8 Å². The molecular weight excluding hydrogens is 470 g/mol. The molecule has 0 radical (unpaired) electrons. The molecule has 0 spiro atoms. The molecule has 3 rings (SSSR count). The van der Waals surface area contributed by atoms with Gasteiger partial charge in [-0.15, -0.1) is 0 Å². The van der Waals surface area contributed by atoms with Crippen molar-refractivity contribution in [3.05, 3.63) is 62.1 Å². The normalized spacial score (nSPS) is 12.9. The predicted octanol–water partition coefficient (Wildman–Crippen LogP) is 7.06. The van der Waals surface area contributed by atoms with Gasteiger partial charge in [-0.25, -0.2) is 0 Å². The van der Waals surface area contributed by atoms with Crippen molar-refractivity contribution < 1.29 is 19.0 Å². The van der Waals surface area contributed by atoms with Crippen molar-refractivity contribution in [3.63, 3.8) is 0 Å². The second-order valence-corrected chi connectivity index (χ2v) is 8.49. The van der Waals surface area contributed by atoms with E-state index in [4.69, 9.17) is 60.6 Å². The molecule has 2 aromatic rings. The summed E-state index contributed by atoms with van der Waals surface area (Å²) in [5.41, 5.74) is 1.88. The zero-order chi connectivity index (χ0) is 21.5. The van der Waals surface area contributed by atoms with E-state index in [1.807, 2.05) is 18.2 Å². The highest BCUT2D eigenvalue weighted by Gasteiger charge is 2.17. The molecule has 0 amide bonds. The van der Waals surface area contributed by atoms with Crippen LogP contribution in [0.2, 0.25) is 10.0 Å². The lowest BCUT2D eigenvalue weighted by atomic mass is 9.91. The summed E-state index contributed by atoms with van der Waals surface area (Å²) in [5.74, 6) is 1.84. The van der Waals surface area contributed by atoms with Gasteiger partial charge in [0.05, 0.1) is 23.3 Å². The zero-order valence-electron chi connectivity index (χ0n) is 16.1. The first-order valence-electron chi connectivity index (χ1n) is 9.49. The Morgan fingerprint density at radius 3 is 2.40 bits per heavy atom. The molecular formula is C22H20Cl4O4. The van der Waals surface area contributed by atoms with Gasteiger partial charge in [-0.05, 0) is 42.7 Å². The average Bonchev–Trinajstić information content (AvgIpc) is 2.69. The predicted molar refractivity (Wildman–Crippen MR) is 121 cm³/mol. The third-order valence-electron chi connectivity index (χ3n) is 4.49. The van der Waals surface area contributed by atoms with E-state index in [-0.39, 0.29) is 16.9 Å². The third kappa shape index (κ3) is 6.45. The molecule has 0 aliphatic heterocycles. The van der Waals surface area contributed by atoms with E-state index < -0.39 is 0 Å². The molecule has 8 heteroatoms. The average molecular weight is 490 g/mol. The minimum Gasteiger partial charge on any atom is -0.493 e. The molecule has 0 N–H and O–H groups in total. The van der Waals surface area contributed by atoms with Gasteiger partial charge in [-0.2, -0.15) is 0 Å². The Morgan fingerprint density at radius 1 is 0.933 bits per heavy atom. The SMILES string of the molecule is O=C1CCCc2cc(OCCCOc3c(Cl)cc(OCC=C(Cl)Cl)cc3Cl)ccc21. The van der Waals surface area contributed by atoms with Gasteiger partial charge in [0.2, 0.25) is 0 Å². The summed E-state index contributed by atoms with van der Waals surface area (Å²) in [6, 6.07) is 8.87. The van der Waals surface area contributed by atoms with Crippen LogP contribution in [0.1, 0.15) is 35.2 Å². The third-order valence-corrected chi connectivity index (χ3v) is 5.36. The Labute approximate surface area is 195 Å². The first kappa shape index (κ1) is 23.1. The number of halogens is 4. The fourth-order valence-corrected chi connectivity index (χ4v) is 3.80. The van der Waals surface area contributed by atoms with Gasteiger partial charge in [0.1, 0.15) is 22.6 Å². The smallest absolute Gasteiger partial charge is 0.163 e. The molecule has 1 aliphatic rings. The van der Waals surface area contributed by atoms with E-state index >= 15 is 0 Å². The Morgan fingerprint density at radius 2 is 1.67 bits per heavy atom. The number of hydrogen-bond donors (Lipinski definition) is 0. The first-order chi connectivity index (χ1) is 14.4. The largest absolute Gasteiger partial charge is 0.493 e. The van der Waals surface area contributed by atoms with E-state index in [1.165, 1.54) is 6.08 Å². The number of benzene rings is 2. The molecule has 0 saturated carbocycles. The molecule has 1 aliphatic carbocycles. The fraction of sp³-hybridized carbons (Fsp3) is 0.318. The van der Waals surface area contributed by atoms with E-state index in [9.17, 15) is 4.79 Å². The monoisotopic (exact) mass is 488 g/mol. The standard InChI is InChI=1S/C22H20Cl4O4/c23-18-12-16(29-10-7-21(25)26)13-19(24)22(18)30-9-2-8-28-15-5-6-17-14(11-15)3-1-4-20(17)27/h5-7,11-13H,1-4,8-10H2. The van der Waals surface area contributed by atoms with Gasteiger partial charge in [0.25, 0.3) is 0 Å². The number of ketones is 1. The molecule has 0 fully saturated rings. The van der Waals surface area contributed by atoms with Crippen molar-refractivity contribution in [1.82, 2.24) is 0 Å². The summed E-state index contributed by atoms with van der Waals surface area (Å²) in [6.07, 6.45) is 4.58. The number of rotatable bonds is 9. The van der Waals surface area contributed by atoms with Crippen molar-refractivity contribution in [2.45, 2.75) is 25.7 Å². The second-order valence-electron chi connectivity index (χ2n) is 6.67. The van der Waals surface area contributed by atoms with Crippen LogP contribution in [-0.2, 0) is 6.42 Å². The highest BCUT2D eigenvalue weighted by Crippen LogP contribution is 2.37. The van der Waals surface area contributed by atoms with E-state index in [0.29, 0.717) is 47.6 Å². The van der Waals surface area contributed by atoms with Crippen LogP contribution in [0, 0.1) is 0 Å². The van der Waals surface area contributed by atoms with Crippen LogP contribution < -0.4 is 14.2 Å². The number of fused-ring (bicyclic) bond motifs is 1. The minimum absolute atomic E-state index is 0.123. The van der Waals surface area contributed by atoms with Crippen LogP contribution in [0.25, 0.3) is 0 Å². The number of carbonyl (C=O) groups is 1. The highest BCUT2D eigenvalue weighted by molar-refractivity contribution is 6.55. The molecule has 4 nitrogen and oxygen atoms in total. The number of ether oxygens (including phenoxy) is 3. The van der Waals surface area contributed by atoms with Crippen LogP contribution in [0.15, 0.2) is 40.9 Å². The lowest BCUT2D eigenvalue weighted by molar-refractivity contribution is 0.0972. The Kier molecular flexibility index (Phi) is 8.58. The highest BCUT2D eigenvalue weighted by atomic mass is 35.5. The summed E-state index contributed by atoms with van der Waals surface area (Å²) >= 11 is 23.6. The first-order valence-corrected chi connectivity index (χ1v) is 11.0. The van der Waals surface area contributed by atoms with Gasteiger partial charge in [-0.1, -0.05) is 46.4 Å². The van der Waals surface area contributed by atoms with E-state index in [2.05, 4.69) is 0 Å². The molecule has 0 heterocycles. The molecule has 0 bridgehead atoms. The van der Waals surface area contributed by atoms with Crippen molar-refractivity contribution in [3.8, 4) is 17.2 Å². The number of aryl methyl sites for hydroxylation is 1. The maximum atomic E-state index is 11.9. The summed E-state index contributed by atoms with van der Waals surface area (Å²) in [4.78, 5) is 11.9. The van der Waals surface area contributed by atoms with Crippen molar-refractivity contribution in [2.24, 2.45) is 0 Å². The lowest BCUT2D eigenvalue weighted by Crippen LogP contribution is -2.11. The fourth-order valence-electron chi connectivity index (χ4n) is 3.09. The van der Waals surface area contributed by atoms with Crippen LogP contribution in [0.3, 0.4) is 0 Å². The summed E-state index contributed by atoms with van der Waals surface area (Å²) < 4.78 is 17.1. The molecule has 160 valence electrons. The van der Waals surface area contributed by atoms with Crippen LogP contribution >= 0.6 is 46.4 Å². The molecule has 2 aromatic carbocycles. The molecule has 0 aromatic heterocycles. The summed E-state index contributed by atoms with van der Waals surface area (Å²) in [5, 5.41) is 0.692. The van der Waals surface area contributed by atoms with E-state index in [1.54, 1.807) is 12.1 Å². The molecule has 30 heavy (non-hydrogen) atoms. The van der Waals surface area contributed by atoms with Gasteiger partial charge in [0, 0.05) is 30.5 Å². The minimum atomic E-state index is 0.123. The maximum Gasteiger partial charge on any atom is 0.163 e. The van der Waals surface area contributed by atoms with Gasteiger partial charge < -0.3 is 14.2 Å². The van der Waals surface area contributed by atoms with Gasteiger partial charge in [0.15, 0.2) is 11.5 Å². The van der Waals surface area contributed by atoms with Crippen LogP contribution in [-0.4, -0.2) is 25.6 Å². The van der Waals surface area contributed by atoms with E-state index in [0.717, 1.165) is 29.7 Å². The molecule has 0 saturated heterocycles. The Balaban J connectivity index is 1.46. The number of hydrogen-bond acceptors (Lipinski definition) is 4. The Hall–Kier alpha value is -1.59. The number of Topliss-reactive ketones (excluding diaryl/α,β-unsaturated/α-hetero) is 1. The van der Waals surface area contributed by atoms with Crippen molar-refractivity contribution in [2.75, 3.05) is 19.8 Å². The quantitative estimate of drug-likeness (QED) is 0.353. The van der Waals surface area contributed by atoms with Crippen molar-refractivity contribution >= 4 is 52.2 Å². The van der Waals surface area contributed by atoms with Crippen LogP contribution in [0.4, 0.5) is 0 Å². The van der Waals surface area contributed by atoms with Gasteiger partial charge in [-0.3, -0.25) is 4.79 Å². The number of carbonyl (C=O) groups excluding carboxylic acids is 1.